The maximum atomic E-state index is 12.6. The predicted molar refractivity (Wildman–Crippen MR) is 99.8 cm³/mol. The average Bonchev–Trinajstić information content (AvgIpc) is 3.34. The first-order valence-corrected chi connectivity index (χ1v) is 9.26. The van der Waals surface area contributed by atoms with Gasteiger partial charge in [0.25, 0.3) is 0 Å². The summed E-state index contributed by atoms with van der Waals surface area (Å²) in [6.07, 6.45) is 5.11. The van der Waals surface area contributed by atoms with Gasteiger partial charge in [-0.2, -0.15) is 0 Å². The summed E-state index contributed by atoms with van der Waals surface area (Å²) in [5.41, 5.74) is 3.86. The van der Waals surface area contributed by atoms with E-state index in [4.69, 9.17) is 0 Å². The van der Waals surface area contributed by atoms with Gasteiger partial charge in [0.2, 0.25) is 0 Å². The Hall–Kier alpha value is -2.43. The highest BCUT2D eigenvalue weighted by atomic mass is 16.2. The van der Waals surface area contributed by atoms with E-state index < -0.39 is 0 Å². The number of aromatic amines is 1. The summed E-state index contributed by atoms with van der Waals surface area (Å²) in [5, 5.41) is 3.13. The Morgan fingerprint density at radius 3 is 3.00 bits per heavy atom. The fraction of sp³-hybridized carbons (Fsp3) is 0.450. The SMILES string of the molecule is C[C@H]1Cc2ccccc2N1CCNC(=O)N1CCC[C@H]1c1ccc[nH]1. The van der Waals surface area contributed by atoms with Crippen molar-refractivity contribution in [3.8, 4) is 0 Å². The van der Waals surface area contributed by atoms with Gasteiger partial charge in [0, 0.05) is 43.3 Å². The van der Waals surface area contributed by atoms with Gasteiger partial charge in [-0.25, -0.2) is 4.79 Å². The first kappa shape index (κ1) is 16.1. The molecule has 0 bridgehead atoms. The minimum Gasteiger partial charge on any atom is -0.367 e. The van der Waals surface area contributed by atoms with Crippen molar-refractivity contribution < 1.29 is 4.79 Å². The number of likely N-dealkylation sites (tertiary alicyclic amines) is 1. The Balaban J connectivity index is 1.34. The predicted octanol–water partition coefficient (Wildman–Crippen LogP) is 3.31. The van der Waals surface area contributed by atoms with Gasteiger partial charge >= 0.3 is 6.03 Å². The molecule has 25 heavy (non-hydrogen) atoms. The summed E-state index contributed by atoms with van der Waals surface area (Å²) in [5.74, 6) is 0. The van der Waals surface area contributed by atoms with Crippen molar-refractivity contribution in [2.24, 2.45) is 0 Å². The molecule has 1 aromatic carbocycles. The quantitative estimate of drug-likeness (QED) is 0.898. The summed E-state index contributed by atoms with van der Waals surface area (Å²) in [6.45, 7) is 4.61. The molecule has 2 aromatic rings. The lowest BCUT2D eigenvalue weighted by Crippen LogP contribution is -2.43. The fourth-order valence-electron chi connectivity index (χ4n) is 4.24. The summed E-state index contributed by atoms with van der Waals surface area (Å²) in [4.78, 5) is 20.3. The fourth-order valence-corrected chi connectivity index (χ4v) is 4.24. The second-order valence-electron chi connectivity index (χ2n) is 7.08. The van der Waals surface area contributed by atoms with Crippen LogP contribution >= 0.6 is 0 Å². The van der Waals surface area contributed by atoms with Gasteiger partial charge in [0.1, 0.15) is 0 Å². The monoisotopic (exact) mass is 338 g/mol. The topological polar surface area (TPSA) is 51.4 Å². The van der Waals surface area contributed by atoms with Crippen LogP contribution in [-0.2, 0) is 6.42 Å². The molecule has 5 nitrogen and oxygen atoms in total. The molecule has 3 heterocycles. The lowest BCUT2D eigenvalue weighted by molar-refractivity contribution is 0.192. The van der Waals surface area contributed by atoms with Crippen molar-refractivity contribution in [1.29, 1.82) is 0 Å². The van der Waals surface area contributed by atoms with Crippen molar-refractivity contribution in [3.63, 3.8) is 0 Å². The highest BCUT2D eigenvalue weighted by Gasteiger charge is 2.31. The van der Waals surface area contributed by atoms with Crippen LogP contribution in [0, 0.1) is 0 Å². The number of benzene rings is 1. The molecule has 2 N–H and O–H groups in total. The Labute approximate surface area is 149 Å². The van der Waals surface area contributed by atoms with Gasteiger partial charge < -0.3 is 20.1 Å². The molecule has 0 aliphatic carbocycles. The molecule has 0 saturated carbocycles. The number of hydrogen-bond acceptors (Lipinski definition) is 2. The Bertz CT molecular complexity index is 727. The molecule has 5 heteroatoms. The van der Waals surface area contributed by atoms with Crippen LogP contribution in [0.4, 0.5) is 10.5 Å². The van der Waals surface area contributed by atoms with E-state index in [0.29, 0.717) is 12.6 Å². The van der Waals surface area contributed by atoms with Gasteiger partial charge in [0.05, 0.1) is 6.04 Å². The third kappa shape index (κ3) is 3.11. The molecule has 0 spiro atoms. The molecule has 132 valence electrons. The van der Waals surface area contributed by atoms with Crippen LogP contribution in [0.1, 0.15) is 37.1 Å². The highest BCUT2D eigenvalue weighted by molar-refractivity contribution is 5.75. The number of nitrogens with one attached hydrogen (secondary N) is 2. The maximum absolute atomic E-state index is 12.6. The van der Waals surface area contributed by atoms with Gasteiger partial charge in [-0.05, 0) is 49.9 Å². The summed E-state index contributed by atoms with van der Waals surface area (Å²) in [7, 11) is 0. The molecule has 4 rings (SSSR count). The van der Waals surface area contributed by atoms with Crippen molar-refractivity contribution in [3.05, 3.63) is 53.9 Å². The second kappa shape index (κ2) is 6.82. The molecule has 2 amide bonds. The number of urea groups is 1. The Morgan fingerprint density at radius 1 is 1.28 bits per heavy atom. The zero-order chi connectivity index (χ0) is 17.2. The van der Waals surface area contributed by atoms with E-state index in [0.717, 1.165) is 38.0 Å². The van der Waals surface area contributed by atoms with E-state index in [1.54, 1.807) is 0 Å². The number of nitrogens with zero attached hydrogens (tertiary/aromatic N) is 2. The van der Waals surface area contributed by atoms with Gasteiger partial charge in [0.15, 0.2) is 0 Å². The molecule has 0 radical (unpaired) electrons. The molecular weight excluding hydrogens is 312 g/mol. The number of amides is 2. The first-order valence-electron chi connectivity index (χ1n) is 9.26. The van der Waals surface area contributed by atoms with Crippen LogP contribution < -0.4 is 10.2 Å². The van der Waals surface area contributed by atoms with Gasteiger partial charge in [-0.1, -0.05) is 18.2 Å². The number of carbonyl (C=O) groups is 1. The van der Waals surface area contributed by atoms with Crippen LogP contribution in [0.5, 0.6) is 0 Å². The van der Waals surface area contributed by atoms with Crippen molar-refractivity contribution >= 4 is 11.7 Å². The third-order valence-corrected chi connectivity index (χ3v) is 5.47. The second-order valence-corrected chi connectivity index (χ2v) is 7.08. The summed E-state index contributed by atoms with van der Waals surface area (Å²) >= 11 is 0. The number of carbonyl (C=O) groups excluding carboxylic acids is 1. The van der Waals surface area contributed by atoms with E-state index in [1.165, 1.54) is 11.3 Å². The van der Waals surface area contributed by atoms with E-state index in [2.05, 4.69) is 52.5 Å². The minimum atomic E-state index is 0.0530. The van der Waals surface area contributed by atoms with E-state index in [9.17, 15) is 4.79 Å². The molecule has 2 aliphatic rings. The Kier molecular flexibility index (Phi) is 4.38. The van der Waals surface area contributed by atoms with E-state index in [1.807, 2.05) is 17.2 Å². The van der Waals surface area contributed by atoms with Crippen LogP contribution in [-0.4, -0.2) is 41.6 Å². The largest absolute Gasteiger partial charge is 0.367 e. The van der Waals surface area contributed by atoms with Crippen LogP contribution in [0.15, 0.2) is 42.6 Å². The highest BCUT2D eigenvalue weighted by Crippen LogP contribution is 2.32. The number of fused-ring (bicyclic) bond motifs is 1. The molecule has 1 saturated heterocycles. The molecule has 2 atom stereocenters. The minimum absolute atomic E-state index is 0.0530. The van der Waals surface area contributed by atoms with Crippen molar-refractivity contribution in [1.82, 2.24) is 15.2 Å². The van der Waals surface area contributed by atoms with Gasteiger partial charge in [-0.15, -0.1) is 0 Å². The zero-order valence-electron chi connectivity index (χ0n) is 14.7. The van der Waals surface area contributed by atoms with Crippen LogP contribution in [0.3, 0.4) is 0 Å². The van der Waals surface area contributed by atoms with Gasteiger partial charge in [-0.3, -0.25) is 0 Å². The number of hydrogen-bond donors (Lipinski definition) is 2. The molecule has 1 aromatic heterocycles. The third-order valence-electron chi connectivity index (χ3n) is 5.47. The number of para-hydroxylation sites is 1. The smallest absolute Gasteiger partial charge is 0.318 e. The lowest BCUT2D eigenvalue weighted by atomic mass is 10.1. The zero-order valence-corrected chi connectivity index (χ0v) is 14.7. The molecule has 2 aliphatic heterocycles. The molecular formula is C20H26N4O. The number of anilines is 1. The van der Waals surface area contributed by atoms with Crippen LogP contribution in [0.25, 0.3) is 0 Å². The maximum Gasteiger partial charge on any atom is 0.318 e. The normalized spacial score (nSPS) is 22.3. The average molecular weight is 338 g/mol. The summed E-state index contributed by atoms with van der Waals surface area (Å²) < 4.78 is 0. The van der Waals surface area contributed by atoms with Crippen molar-refractivity contribution in [2.45, 2.75) is 38.3 Å². The number of aromatic nitrogens is 1. The lowest BCUT2D eigenvalue weighted by Gasteiger charge is -2.27. The number of H-pyrrole nitrogens is 1. The van der Waals surface area contributed by atoms with E-state index in [-0.39, 0.29) is 12.1 Å². The van der Waals surface area contributed by atoms with E-state index >= 15 is 0 Å². The standard InChI is InChI=1S/C20H26N4O/c1-15-14-16-6-2-3-8-18(16)23(15)13-11-22-20(25)24-12-5-9-19(24)17-7-4-10-21-17/h2-4,6-8,10,15,19,21H,5,9,11-14H2,1H3,(H,22,25)/t15-,19-/m0/s1. The summed E-state index contributed by atoms with van der Waals surface area (Å²) in [6, 6.07) is 13.4. The van der Waals surface area contributed by atoms with Crippen molar-refractivity contribution in [2.75, 3.05) is 24.5 Å². The number of rotatable bonds is 4. The molecule has 1 fully saturated rings. The Morgan fingerprint density at radius 2 is 2.16 bits per heavy atom. The molecule has 0 unspecified atom stereocenters. The first-order chi connectivity index (χ1) is 12.2. The van der Waals surface area contributed by atoms with Crippen LogP contribution in [0.2, 0.25) is 0 Å².